The molecule has 5 nitrogen and oxygen atoms in total. The Morgan fingerprint density at radius 1 is 1.21 bits per heavy atom. The lowest BCUT2D eigenvalue weighted by atomic mass is 10.1. The summed E-state index contributed by atoms with van der Waals surface area (Å²) in [6.45, 7) is 4.17. The quantitative estimate of drug-likeness (QED) is 0.587. The zero-order chi connectivity index (χ0) is 17.2. The van der Waals surface area contributed by atoms with E-state index in [4.69, 9.17) is 9.47 Å². The average molecular weight is 332 g/mol. The molecule has 1 fully saturated rings. The van der Waals surface area contributed by atoms with Crippen LogP contribution in [0.1, 0.15) is 31.2 Å². The molecule has 0 aliphatic carbocycles. The van der Waals surface area contributed by atoms with Crippen LogP contribution >= 0.6 is 0 Å². The normalized spacial score (nSPS) is 15.4. The number of ether oxygens (including phenoxy) is 2. The molecule has 2 rings (SSSR count). The molecule has 1 aromatic rings. The SMILES string of the molecule is COc1ccc(/C=C/C(=O)NCCCN2CCCCC2)c(OC)c1. The van der Waals surface area contributed by atoms with Crippen LogP contribution in [0, 0.1) is 0 Å². The first-order valence-electron chi connectivity index (χ1n) is 8.63. The molecule has 1 N–H and O–H groups in total. The maximum Gasteiger partial charge on any atom is 0.244 e. The highest BCUT2D eigenvalue weighted by atomic mass is 16.5. The van der Waals surface area contributed by atoms with Gasteiger partial charge < -0.3 is 19.7 Å². The van der Waals surface area contributed by atoms with Crippen molar-refractivity contribution in [3.05, 3.63) is 29.8 Å². The number of carbonyl (C=O) groups excluding carboxylic acids is 1. The van der Waals surface area contributed by atoms with Gasteiger partial charge in [-0.05, 0) is 57.1 Å². The number of nitrogens with one attached hydrogen (secondary N) is 1. The molecule has 0 bridgehead atoms. The Hall–Kier alpha value is -2.01. The highest BCUT2D eigenvalue weighted by molar-refractivity contribution is 5.92. The molecule has 0 atom stereocenters. The first-order chi connectivity index (χ1) is 11.7. The van der Waals surface area contributed by atoms with Crippen LogP contribution in [0.25, 0.3) is 6.08 Å². The Bertz CT molecular complexity index is 552. The second-order valence-electron chi connectivity index (χ2n) is 5.99. The summed E-state index contributed by atoms with van der Waals surface area (Å²) in [5.74, 6) is 1.33. The third-order valence-electron chi connectivity index (χ3n) is 4.25. The third-order valence-corrected chi connectivity index (χ3v) is 4.25. The van der Waals surface area contributed by atoms with E-state index < -0.39 is 0 Å². The number of methoxy groups -OCH3 is 2. The van der Waals surface area contributed by atoms with Crippen LogP contribution in [0.3, 0.4) is 0 Å². The summed E-state index contributed by atoms with van der Waals surface area (Å²) >= 11 is 0. The number of piperidine rings is 1. The zero-order valence-corrected chi connectivity index (χ0v) is 14.7. The molecule has 5 heteroatoms. The number of hydrogen-bond donors (Lipinski definition) is 1. The Balaban J connectivity index is 1.74. The molecule has 0 radical (unpaired) electrons. The lowest BCUT2D eigenvalue weighted by Crippen LogP contribution is -2.33. The van der Waals surface area contributed by atoms with Crippen LogP contribution in [0.2, 0.25) is 0 Å². The number of hydrogen-bond acceptors (Lipinski definition) is 4. The highest BCUT2D eigenvalue weighted by Gasteiger charge is 2.09. The van der Waals surface area contributed by atoms with Crippen molar-refractivity contribution in [1.82, 2.24) is 10.2 Å². The maximum absolute atomic E-state index is 11.9. The number of likely N-dealkylation sites (tertiary alicyclic amines) is 1. The van der Waals surface area contributed by atoms with E-state index in [9.17, 15) is 4.79 Å². The van der Waals surface area contributed by atoms with Crippen molar-refractivity contribution in [2.24, 2.45) is 0 Å². The van der Waals surface area contributed by atoms with Crippen LogP contribution in [0.15, 0.2) is 24.3 Å². The van der Waals surface area contributed by atoms with E-state index in [1.807, 2.05) is 12.1 Å². The minimum atomic E-state index is -0.0773. The molecule has 0 aromatic heterocycles. The van der Waals surface area contributed by atoms with Crippen LogP contribution in [0.5, 0.6) is 11.5 Å². The smallest absolute Gasteiger partial charge is 0.244 e. The van der Waals surface area contributed by atoms with Gasteiger partial charge in [0.05, 0.1) is 14.2 Å². The summed E-state index contributed by atoms with van der Waals surface area (Å²) < 4.78 is 10.5. The summed E-state index contributed by atoms with van der Waals surface area (Å²) in [5.41, 5.74) is 0.849. The van der Waals surface area contributed by atoms with Crippen LogP contribution in [0.4, 0.5) is 0 Å². The van der Waals surface area contributed by atoms with E-state index in [0.29, 0.717) is 12.3 Å². The topological polar surface area (TPSA) is 50.8 Å². The molecule has 132 valence electrons. The second-order valence-corrected chi connectivity index (χ2v) is 5.99. The summed E-state index contributed by atoms with van der Waals surface area (Å²) in [7, 11) is 3.22. The molecule has 1 aliphatic heterocycles. The van der Waals surface area contributed by atoms with Gasteiger partial charge in [0.2, 0.25) is 5.91 Å². The van der Waals surface area contributed by atoms with Crippen molar-refractivity contribution < 1.29 is 14.3 Å². The van der Waals surface area contributed by atoms with Crippen molar-refractivity contribution in [1.29, 1.82) is 0 Å². The predicted octanol–water partition coefficient (Wildman–Crippen LogP) is 2.71. The van der Waals surface area contributed by atoms with Gasteiger partial charge in [0.1, 0.15) is 11.5 Å². The Kier molecular flexibility index (Phi) is 7.62. The molecule has 1 amide bonds. The standard InChI is InChI=1S/C19H28N2O3/c1-23-17-9-7-16(18(15-17)24-2)8-10-19(22)20-11-6-14-21-12-4-3-5-13-21/h7-10,15H,3-6,11-14H2,1-2H3,(H,20,22)/b10-8+. The van der Waals surface area contributed by atoms with Gasteiger partial charge in [-0.15, -0.1) is 0 Å². The first kappa shape index (κ1) is 18.3. The van der Waals surface area contributed by atoms with Gasteiger partial charge in [0.15, 0.2) is 0 Å². The lowest BCUT2D eigenvalue weighted by Gasteiger charge is -2.26. The summed E-state index contributed by atoms with van der Waals surface area (Å²) in [4.78, 5) is 14.4. The highest BCUT2D eigenvalue weighted by Crippen LogP contribution is 2.25. The van der Waals surface area contributed by atoms with Gasteiger partial charge in [0.25, 0.3) is 0 Å². The zero-order valence-electron chi connectivity index (χ0n) is 14.7. The van der Waals surface area contributed by atoms with E-state index in [-0.39, 0.29) is 5.91 Å². The minimum absolute atomic E-state index is 0.0773. The van der Waals surface area contributed by atoms with E-state index >= 15 is 0 Å². The number of rotatable bonds is 8. The molecule has 0 spiro atoms. The van der Waals surface area contributed by atoms with Gasteiger partial charge in [-0.2, -0.15) is 0 Å². The fourth-order valence-electron chi connectivity index (χ4n) is 2.88. The minimum Gasteiger partial charge on any atom is -0.497 e. The van der Waals surface area contributed by atoms with Gasteiger partial charge in [-0.25, -0.2) is 0 Å². The van der Waals surface area contributed by atoms with Crippen molar-refractivity contribution in [2.45, 2.75) is 25.7 Å². The third kappa shape index (κ3) is 5.89. The Morgan fingerprint density at radius 2 is 2.00 bits per heavy atom. The van der Waals surface area contributed by atoms with E-state index in [0.717, 1.165) is 24.3 Å². The molecule has 0 unspecified atom stereocenters. The molecular formula is C19H28N2O3. The van der Waals surface area contributed by atoms with Crippen molar-refractivity contribution in [3.8, 4) is 11.5 Å². The largest absolute Gasteiger partial charge is 0.497 e. The average Bonchev–Trinajstić information content (AvgIpc) is 2.64. The predicted molar refractivity (Wildman–Crippen MR) is 96.5 cm³/mol. The van der Waals surface area contributed by atoms with Crippen LogP contribution in [-0.2, 0) is 4.79 Å². The summed E-state index contributed by atoms with van der Waals surface area (Å²) in [5, 5.41) is 2.93. The van der Waals surface area contributed by atoms with Gasteiger partial charge in [-0.3, -0.25) is 4.79 Å². The number of carbonyl (C=O) groups is 1. The van der Waals surface area contributed by atoms with E-state index in [1.54, 1.807) is 32.4 Å². The Labute approximate surface area is 144 Å². The molecule has 1 heterocycles. The van der Waals surface area contributed by atoms with Crippen LogP contribution < -0.4 is 14.8 Å². The number of benzene rings is 1. The summed E-state index contributed by atoms with van der Waals surface area (Å²) in [6, 6.07) is 5.52. The van der Waals surface area contributed by atoms with Crippen molar-refractivity contribution in [3.63, 3.8) is 0 Å². The van der Waals surface area contributed by atoms with Gasteiger partial charge in [-0.1, -0.05) is 6.42 Å². The summed E-state index contributed by atoms with van der Waals surface area (Å²) in [6.07, 6.45) is 8.26. The maximum atomic E-state index is 11.9. The van der Waals surface area contributed by atoms with E-state index in [1.165, 1.54) is 32.4 Å². The van der Waals surface area contributed by atoms with Gasteiger partial charge >= 0.3 is 0 Å². The second kappa shape index (κ2) is 9.98. The monoisotopic (exact) mass is 332 g/mol. The molecule has 1 saturated heterocycles. The molecule has 0 saturated carbocycles. The van der Waals surface area contributed by atoms with Crippen molar-refractivity contribution >= 4 is 12.0 Å². The molecule has 1 aliphatic rings. The van der Waals surface area contributed by atoms with Crippen LogP contribution in [-0.4, -0.2) is 51.2 Å². The Morgan fingerprint density at radius 3 is 2.71 bits per heavy atom. The molecule has 1 aromatic carbocycles. The molecule has 24 heavy (non-hydrogen) atoms. The lowest BCUT2D eigenvalue weighted by molar-refractivity contribution is -0.116. The van der Waals surface area contributed by atoms with E-state index in [2.05, 4.69) is 10.2 Å². The molecular weight excluding hydrogens is 304 g/mol. The van der Waals surface area contributed by atoms with Crippen molar-refractivity contribution in [2.75, 3.05) is 40.4 Å². The number of amides is 1. The first-order valence-corrected chi connectivity index (χ1v) is 8.63. The van der Waals surface area contributed by atoms with Gasteiger partial charge in [0, 0.05) is 24.3 Å². The fraction of sp³-hybridized carbons (Fsp3) is 0.526. The fourth-order valence-corrected chi connectivity index (χ4v) is 2.88. The number of nitrogens with zero attached hydrogens (tertiary/aromatic N) is 1.